The molecule has 1 aliphatic rings. The number of ether oxygens (including phenoxy) is 2. The van der Waals surface area contributed by atoms with E-state index in [0.717, 1.165) is 22.3 Å². The molecule has 0 radical (unpaired) electrons. The smallest absolute Gasteiger partial charge is 0.178 e. The molecule has 1 heterocycles. The summed E-state index contributed by atoms with van der Waals surface area (Å²) in [5.74, 6) is 0. The Labute approximate surface area is 240 Å². The molecule has 5 nitrogen and oxygen atoms in total. The highest BCUT2D eigenvalue weighted by Crippen LogP contribution is 2.54. The summed E-state index contributed by atoms with van der Waals surface area (Å²) in [4.78, 5) is 0. The van der Waals surface area contributed by atoms with Crippen molar-refractivity contribution < 1.29 is 24.8 Å². The highest BCUT2D eigenvalue weighted by Gasteiger charge is 2.71. The lowest BCUT2D eigenvalue weighted by Gasteiger charge is -2.61. The fourth-order valence-electron chi connectivity index (χ4n) is 5.84. The average molecular weight is 559 g/mol. The topological polar surface area (TPSA) is 79.2 Å². The van der Waals surface area contributed by atoms with Crippen LogP contribution in [0.25, 0.3) is 0 Å². The number of rotatable bonds is 10. The van der Waals surface area contributed by atoms with Crippen molar-refractivity contribution in [2.24, 2.45) is 0 Å². The van der Waals surface area contributed by atoms with Crippen LogP contribution in [0, 0.1) is 0 Å². The van der Waals surface area contributed by atoms with Gasteiger partial charge in [-0.2, -0.15) is 0 Å². The predicted molar refractivity (Wildman–Crippen MR) is 156 cm³/mol. The van der Waals surface area contributed by atoms with Gasteiger partial charge in [0, 0.05) is 19.3 Å². The molecule has 1 unspecified atom stereocenters. The Kier molecular flexibility index (Phi) is 8.71. The van der Waals surface area contributed by atoms with Gasteiger partial charge in [0.15, 0.2) is 5.06 Å². The SMILES string of the molecule is OC[C@H]1OC(Cl)(Cc2ccccc2)[C@](Cc2ccccc2)(OCc2ccccc2)[C@](O)(Cc2ccccc2)[C@H]1O. The fourth-order valence-corrected chi connectivity index (χ4v) is 6.39. The number of alkyl halides is 1. The van der Waals surface area contributed by atoms with E-state index in [4.69, 9.17) is 21.1 Å². The summed E-state index contributed by atoms with van der Waals surface area (Å²) < 4.78 is 13.3. The quantitative estimate of drug-likeness (QED) is 0.236. The summed E-state index contributed by atoms with van der Waals surface area (Å²) >= 11 is 7.61. The highest BCUT2D eigenvalue weighted by molar-refractivity contribution is 6.24. The zero-order valence-electron chi connectivity index (χ0n) is 22.3. The van der Waals surface area contributed by atoms with Crippen LogP contribution in [0.4, 0.5) is 0 Å². The zero-order chi connectivity index (χ0) is 28.1. The van der Waals surface area contributed by atoms with Crippen LogP contribution in [0.1, 0.15) is 22.3 Å². The van der Waals surface area contributed by atoms with Crippen LogP contribution in [0.5, 0.6) is 0 Å². The molecule has 208 valence electrons. The highest BCUT2D eigenvalue weighted by atomic mass is 35.5. The van der Waals surface area contributed by atoms with E-state index in [9.17, 15) is 15.3 Å². The van der Waals surface area contributed by atoms with Crippen LogP contribution in [0.3, 0.4) is 0 Å². The summed E-state index contributed by atoms with van der Waals surface area (Å²) in [6, 6.07) is 38.4. The third-order valence-corrected chi connectivity index (χ3v) is 8.40. The molecule has 0 bridgehead atoms. The maximum Gasteiger partial charge on any atom is 0.178 e. The summed E-state index contributed by atoms with van der Waals surface area (Å²) in [6.07, 6.45) is -2.30. The molecule has 0 saturated carbocycles. The normalized spacial score (nSPS) is 28.3. The number of aliphatic hydroxyl groups excluding tert-OH is 2. The van der Waals surface area contributed by atoms with Crippen LogP contribution < -0.4 is 0 Å². The average Bonchev–Trinajstić information content (AvgIpc) is 2.99. The summed E-state index contributed by atoms with van der Waals surface area (Å²) in [5.41, 5.74) is -0.209. The minimum Gasteiger partial charge on any atom is -0.394 e. The number of hydrogen-bond donors (Lipinski definition) is 3. The monoisotopic (exact) mass is 558 g/mol. The van der Waals surface area contributed by atoms with E-state index in [-0.39, 0.29) is 25.9 Å². The van der Waals surface area contributed by atoms with Crippen molar-refractivity contribution in [3.05, 3.63) is 144 Å². The third-order valence-electron chi connectivity index (χ3n) is 7.88. The van der Waals surface area contributed by atoms with Gasteiger partial charge in [0.2, 0.25) is 0 Å². The van der Waals surface area contributed by atoms with Crippen LogP contribution in [0.2, 0.25) is 0 Å². The van der Waals surface area contributed by atoms with Gasteiger partial charge in [0.25, 0.3) is 0 Å². The van der Waals surface area contributed by atoms with E-state index < -0.39 is 35.1 Å². The van der Waals surface area contributed by atoms with Gasteiger partial charge in [0.05, 0.1) is 13.2 Å². The molecule has 3 N–H and O–H groups in total. The molecular formula is C34H35ClO5. The first kappa shape index (κ1) is 28.5. The number of hydrogen-bond acceptors (Lipinski definition) is 5. The van der Waals surface area contributed by atoms with Gasteiger partial charge in [-0.25, -0.2) is 0 Å². The van der Waals surface area contributed by atoms with Crippen molar-refractivity contribution in [1.82, 2.24) is 0 Å². The lowest BCUT2D eigenvalue weighted by atomic mass is 9.64. The van der Waals surface area contributed by atoms with Crippen molar-refractivity contribution in [1.29, 1.82) is 0 Å². The molecule has 1 fully saturated rings. The minimum absolute atomic E-state index is 0.0275. The van der Waals surface area contributed by atoms with Gasteiger partial charge in [-0.15, -0.1) is 0 Å². The van der Waals surface area contributed by atoms with Crippen molar-refractivity contribution >= 4 is 11.6 Å². The van der Waals surface area contributed by atoms with Gasteiger partial charge in [-0.05, 0) is 22.3 Å². The molecule has 5 atom stereocenters. The second-order valence-electron chi connectivity index (χ2n) is 10.5. The predicted octanol–water partition coefficient (Wildman–Crippen LogP) is 5.09. The standard InChI is InChI=1S/C34H35ClO5/c35-34(23-28-17-9-3-10-18-28)33(22-27-15-7-2-8-16-27,39-25-29-19-11-4-12-20-29)32(38,31(37)30(24-36)40-34)21-26-13-5-1-6-14-26/h1-20,30-31,36-38H,21-25H2/t30-,31+,32+,33-,34?/m1/s1. The van der Waals surface area contributed by atoms with Gasteiger partial charge >= 0.3 is 0 Å². The molecule has 4 aromatic rings. The van der Waals surface area contributed by atoms with E-state index in [0.29, 0.717) is 0 Å². The van der Waals surface area contributed by atoms with Crippen molar-refractivity contribution in [3.63, 3.8) is 0 Å². The summed E-state index contributed by atoms with van der Waals surface area (Å²) in [5, 5.41) is 33.4. The van der Waals surface area contributed by atoms with Crippen LogP contribution >= 0.6 is 11.6 Å². The van der Waals surface area contributed by atoms with Gasteiger partial charge in [-0.3, -0.25) is 0 Å². The minimum atomic E-state index is -1.96. The van der Waals surface area contributed by atoms with Crippen molar-refractivity contribution in [2.45, 2.75) is 54.3 Å². The maximum atomic E-state index is 12.9. The number of halogens is 1. The van der Waals surface area contributed by atoms with E-state index in [1.54, 1.807) is 0 Å². The van der Waals surface area contributed by atoms with Gasteiger partial charge < -0.3 is 24.8 Å². The second-order valence-corrected chi connectivity index (χ2v) is 11.1. The fraction of sp³-hybridized carbons (Fsp3) is 0.294. The lowest BCUT2D eigenvalue weighted by Crippen LogP contribution is -2.80. The largest absolute Gasteiger partial charge is 0.394 e. The van der Waals surface area contributed by atoms with Gasteiger partial charge in [0.1, 0.15) is 23.4 Å². The second kappa shape index (κ2) is 12.2. The Balaban J connectivity index is 1.72. The Morgan fingerprint density at radius 2 is 1.07 bits per heavy atom. The van der Waals surface area contributed by atoms with E-state index in [1.807, 2.05) is 121 Å². The molecule has 0 spiro atoms. The Morgan fingerprint density at radius 1 is 0.650 bits per heavy atom. The first-order valence-corrected chi connectivity index (χ1v) is 13.9. The molecular weight excluding hydrogens is 524 g/mol. The molecule has 0 aromatic heterocycles. The van der Waals surface area contributed by atoms with E-state index in [1.165, 1.54) is 0 Å². The summed E-state index contributed by atoms with van der Waals surface area (Å²) in [7, 11) is 0. The van der Waals surface area contributed by atoms with Crippen LogP contribution in [-0.4, -0.2) is 50.4 Å². The van der Waals surface area contributed by atoms with Crippen molar-refractivity contribution in [2.75, 3.05) is 6.61 Å². The van der Waals surface area contributed by atoms with Crippen molar-refractivity contribution in [3.8, 4) is 0 Å². The Morgan fingerprint density at radius 3 is 1.55 bits per heavy atom. The first-order valence-electron chi connectivity index (χ1n) is 13.6. The number of benzene rings is 4. The molecule has 4 aromatic carbocycles. The van der Waals surface area contributed by atoms with Gasteiger partial charge in [-0.1, -0.05) is 133 Å². The molecule has 1 saturated heterocycles. The maximum absolute atomic E-state index is 12.9. The van der Waals surface area contributed by atoms with E-state index in [2.05, 4.69) is 0 Å². The summed E-state index contributed by atoms with van der Waals surface area (Å²) in [6.45, 7) is -0.407. The Bertz CT molecular complexity index is 1340. The van der Waals surface area contributed by atoms with E-state index >= 15 is 0 Å². The zero-order valence-corrected chi connectivity index (χ0v) is 23.0. The third kappa shape index (κ3) is 5.59. The molecule has 40 heavy (non-hydrogen) atoms. The van der Waals surface area contributed by atoms with Crippen LogP contribution in [-0.2, 0) is 35.3 Å². The molecule has 6 heteroatoms. The molecule has 0 amide bonds. The first-order chi connectivity index (χ1) is 19.4. The number of aliphatic hydroxyl groups is 3. The Hall–Kier alpha value is -3.03. The molecule has 5 rings (SSSR count). The lowest BCUT2D eigenvalue weighted by molar-refractivity contribution is -0.348. The van der Waals surface area contributed by atoms with Crippen LogP contribution in [0.15, 0.2) is 121 Å². The molecule has 1 aliphatic heterocycles. The molecule has 0 aliphatic carbocycles.